The molecule has 1 atom stereocenters. The Morgan fingerprint density at radius 2 is 1.38 bits per heavy atom. The third kappa shape index (κ3) is 4.63. The van der Waals surface area contributed by atoms with Crippen molar-refractivity contribution in [1.82, 2.24) is 0 Å². The van der Waals surface area contributed by atoms with Gasteiger partial charge >= 0.3 is 0 Å². The van der Waals surface area contributed by atoms with Crippen LogP contribution >= 0.6 is 0 Å². The summed E-state index contributed by atoms with van der Waals surface area (Å²) in [7, 11) is 0. The number of benzene rings is 3. The molecular weight excluding hydrogens is 296 g/mol. The molecular formula is C22H22O2. The van der Waals surface area contributed by atoms with Crippen molar-refractivity contribution in [3.05, 3.63) is 96.1 Å². The van der Waals surface area contributed by atoms with E-state index >= 15 is 0 Å². The van der Waals surface area contributed by atoms with Crippen molar-refractivity contribution in [3.63, 3.8) is 0 Å². The molecule has 0 aromatic heterocycles. The Bertz CT molecular complexity index is 738. The van der Waals surface area contributed by atoms with Crippen LogP contribution in [0, 0.1) is 0 Å². The molecule has 0 radical (unpaired) electrons. The van der Waals surface area contributed by atoms with Crippen molar-refractivity contribution >= 4 is 0 Å². The van der Waals surface area contributed by atoms with Crippen LogP contribution < -0.4 is 9.47 Å². The predicted molar refractivity (Wildman–Crippen MR) is 97.6 cm³/mol. The molecule has 0 fully saturated rings. The molecule has 0 amide bonds. The van der Waals surface area contributed by atoms with Gasteiger partial charge in [-0.25, -0.2) is 0 Å². The van der Waals surface area contributed by atoms with Crippen LogP contribution in [0.15, 0.2) is 84.9 Å². The number of hydrogen-bond donors (Lipinski definition) is 0. The highest BCUT2D eigenvalue weighted by Gasteiger charge is 2.06. The first kappa shape index (κ1) is 16.1. The fraction of sp³-hybridized carbons (Fsp3) is 0.182. The summed E-state index contributed by atoms with van der Waals surface area (Å²) in [5.41, 5.74) is 2.39. The minimum absolute atomic E-state index is 0.357. The van der Waals surface area contributed by atoms with Crippen molar-refractivity contribution in [2.45, 2.75) is 19.4 Å². The van der Waals surface area contributed by atoms with E-state index in [0.29, 0.717) is 19.1 Å². The highest BCUT2D eigenvalue weighted by Crippen LogP contribution is 2.20. The number of hydrogen-bond acceptors (Lipinski definition) is 2. The third-order valence-corrected chi connectivity index (χ3v) is 3.92. The van der Waals surface area contributed by atoms with E-state index in [2.05, 4.69) is 37.3 Å². The average Bonchev–Trinajstić information content (AvgIpc) is 2.66. The predicted octanol–water partition coefficient (Wildman–Crippen LogP) is 5.45. The Labute approximate surface area is 143 Å². The van der Waals surface area contributed by atoms with E-state index in [9.17, 15) is 0 Å². The SMILES string of the molecule is CC(COc1cccc(COc2ccccc2)c1)c1ccccc1. The van der Waals surface area contributed by atoms with Crippen LogP contribution in [0.4, 0.5) is 0 Å². The molecule has 0 bridgehead atoms. The van der Waals surface area contributed by atoms with E-state index in [1.165, 1.54) is 5.56 Å². The van der Waals surface area contributed by atoms with Gasteiger partial charge in [0.15, 0.2) is 0 Å². The number of rotatable bonds is 7. The molecule has 0 spiro atoms. The normalized spacial score (nSPS) is 11.7. The van der Waals surface area contributed by atoms with Crippen LogP contribution in [-0.2, 0) is 6.61 Å². The Morgan fingerprint density at radius 1 is 0.708 bits per heavy atom. The Kier molecular flexibility index (Phi) is 5.52. The second-order valence-corrected chi connectivity index (χ2v) is 5.87. The van der Waals surface area contributed by atoms with Crippen LogP contribution in [0.25, 0.3) is 0 Å². The lowest BCUT2D eigenvalue weighted by Crippen LogP contribution is -2.07. The van der Waals surface area contributed by atoms with E-state index in [1.807, 2.05) is 54.6 Å². The fourth-order valence-electron chi connectivity index (χ4n) is 2.51. The van der Waals surface area contributed by atoms with Gasteiger partial charge in [0.25, 0.3) is 0 Å². The van der Waals surface area contributed by atoms with Crippen molar-refractivity contribution in [2.75, 3.05) is 6.61 Å². The van der Waals surface area contributed by atoms with Gasteiger partial charge in [-0.1, -0.05) is 67.6 Å². The van der Waals surface area contributed by atoms with E-state index in [0.717, 1.165) is 17.1 Å². The van der Waals surface area contributed by atoms with Crippen molar-refractivity contribution in [3.8, 4) is 11.5 Å². The lowest BCUT2D eigenvalue weighted by Gasteiger charge is -2.14. The summed E-state index contributed by atoms with van der Waals surface area (Å²) < 4.78 is 11.7. The van der Waals surface area contributed by atoms with E-state index in [-0.39, 0.29) is 0 Å². The number of para-hydroxylation sites is 1. The zero-order valence-corrected chi connectivity index (χ0v) is 13.9. The molecule has 0 aliphatic rings. The van der Waals surface area contributed by atoms with Crippen molar-refractivity contribution in [1.29, 1.82) is 0 Å². The van der Waals surface area contributed by atoms with Gasteiger partial charge in [-0.2, -0.15) is 0 Å². The minimum atomic E-state index is 0.357. The van der Waals surface area contributed by atoms with Crippen LogP contribution in [0.3, 0.4) is 0 Å². The summed E-state index contributed by atoms with van der Waals surface area (Å²) in [5, 5.41) is 0. The highest BCUT2D eigenvalue weighted by molar-refractivity contribution is 5.29. The van der Waals surface area contributed by atoms with Crippen molar-refractivity contribution in [2.24, 2.45) is 0 Å². The van der Waals surface area contributed by atoms with Gasteiger partial charge in [0.05, 0.1) is 6.61 Å². The van der Waals surface area contributed by atoms with Gasteiger partial charge in [-0.3, -0.25) is 0 Å². The lowest BCUT2D eigenvalue weighted by molar-refractivity contribution is 0.290. The van der Waals surface area contributed by atoms with Gasteiger partial charge < -0.3 is 9.47 Å². The Hall–Kier alpha value is -2.74. The molecule has 2 heteroatoms. The van der Waals surface area contributed by atoms with Gasteiger partial charge in [0.1, 0.15) is 18.1 Å². The Morgan fingerprint density at radius 3 is 2.12 bits per heavy atom. The topological polar surface area (TPSA) is 18.5 Å². The Balaban J connectivity index is 1.55. The van der Waals surface area contributed by atoms with E-state index < -0.39 is 0 Å². The summed E-state index contributed by atoms with van der Waals surface area (Å²) in [5.74, 6) is 2.11. The molecule has 122 valence electrons. The summed E-state index contributed by atoms with van der Waals surface area (Å²) in [6.07, 6.45) is 0. The molecule has 1 unspecified atom stereocenters. The maximum Gasteiger partial charge on any atom is 0.119 e. The molecule has 2 nitrogen and oxygen atoms in total. The van der Waals surface area contributed by atoms with Crippen molar-refractivity contribution < 1.29 is 9.47 Å². The van der Waals surface area contributed by atoms with Gasteiger partial charge in [0, 0.05) is 5.92 Å². The second-order valence-electron chi connectivity index (χ2n) is 5.87. The monoisotopic (exact) mass is 318 g/mol. The van der Waals surface area contributed by atoms with Crippen LogP contribution in [0.1, 0.15) is 24.0 Å². The molecule has 3 rings (SSSR count). The quantitative estimate of drug-likeness (QED) is 0.577. The van der Waals surface area contributed by atoms with E-state index in [4.69, 9.17) is 9.47 Å². The number of ether oxygens (including phenoxy) is 2. The summed E-state index contributed by atoms with van der Waals surface area (Å²) in [6.45, 7) is 3.38. The molecule has 3 aromatic rings. The highest BCUT2D eigenvalue weighted by atomic mass is 16.5. The second kappa shape index (κ2) is 8.21. The van der Waals surface area contributed by atoms with Crippen LogP contribution in [0.2, 0.25) is 0 Å². The van der Waals surface area contributed by atoms with Crippen LogP contribution in [0.5, 0.6) is 11.5 Å². The third-order valence-electron chi connectivity index (χ3n) is 3.92. The summed E-state index contributed by atoms with van der Waals surface area (Å²) >= 11 is 0. The molecule has 0 heterocycles. The van der Waals surface area contributed by atoms with Gasteiger partial charge in [-0.15, -0.1) is 0 Å². The molecule has 0 N–H and O–H groups in total. The van der Waals surface area contributed by atoms with Gasteiger partial charge in [0.2, 0.25) is 0 Å². The molecule has 24 heavy (non-hydrogen) atoms. The molecule has 0 aliphatic carbocycles. The molecule has 0 saturated carbocycles. The molecule has 0 saturated heterocycles. The van der Waals surface area contributed by atoms with Gasteiger partial charge in [-0.05, 0) is 35.4 Å². The first-order valence-electron chi connectivity index (χ1n) is 8.26. The fourth-order valence-corrected chi connectivity index (χ4v) is 2.51. The minimum Gasteiger partial charge on any atom is -0.493 e. The maximum atomic E-state index is 5.96. The summed E-state index contributed by atoms with van der Waals surface area (Å²) in [4.78, 5) is 0. The first-order valence-corrected chi connectivity index (χ1v) is 8.26. The zero-order valence-electron chi connectivity index (χ0n) is 13.9. The maximum absolute atomic E-state index is 5.96. The van der Waals surface area contributed by atoms with E-state index in [1.54, 1.807) is 0 Å². The summed E-state index contributed by atoms with van der Waals surface area (Å²) in [6, 6.07) is 28.4. The van der Waals surface area contributed by atoms with Crippen LogP contribution in [-0.4, -0.2) is 6.61 Å². The largest absolute Gasteiger partial charge is 0.493 e. The standard InChI is InChI=1S/C22H22O2/c1-18(20-10-4-2-5-11-20)16-23-22-14-8-9-19(15-22)17-24-21-12-6-3-7-13-21/h2-15,18H,16-17H2,1H3. The zero-order chi connectivity index (χ0) is 16.6. The average molecular weight is 318 g/mol. The molecule has 0 aliphatic heterocycles. The smallest absolute Gasteiger partial charge is 0.119 e. The molecule has 3 aromatic carbocycles. The first-order chi connectivity index (χ1) is 11.8. The lowest BCUT2D eigenvalue weighted by atomic mass is 10.0.